The third-order valence-electron chi connectivity index (χ3n) is 3.44. The number of hydrogen-bond acceptors (Lipinski definition) is 2. The molecule has 0 unspecified atom stereocenters. The van der Waals surface area contributed by atoms with Gasteiger partial charge in [-0.3, -0.25) is 0 Å². The van der Waals surface area contributed by atoms with Gasteiger partial charge in [-0.05, 0) is 48.8 Å². The molecule has 0 saturated carbocycles. The summed E-state index contributed by atoms with van der Waals surface area (Å²) in [7, 11) is 0. The zero-order valence-electron chi connectivity index (χ0n) is 12.8. The second kappa shape index (κ2) is 8.21. The van der Waals surface area contributed by atoms with Gasteiger partial charge in [0, 0.05) is 6.61 Å². The number of aromatic hydroxyl groups is 1. The summed E-state index contributed by atoms with van der Waals surface area (Å²) in [5.41, 5.74) is 3.45. The van der Waals surface area contributed by atoms with Crippen molar-refractivity contribution in [1.82, 2.24) is 0 Å². The van der Waals surface area contributed by atoms with Crippen molar-refractivity contribution in [2.75, 3.05) is 13.2 Å². The average molecular weight is 264 g/mol. The van der Waals surface area contributed by atoms with E-state index in [1.54, 1.807) is 0 Å². The maximum absolute atomic E-state index is 10.4. The molecule has 1 aromatic carbocycles. The number of benzene rings is 1. The fourth-order valence-electron chi connectivity index (χ4n) is 2.26. The van der Waals surface area contributed by atoms with Gasteiger partial charge in [0.1, 0.15) is 5.75 Å². The molecule has 1 aromatic rings. The van der Waals surface area contributed by atoms with Crippen LogP contribution in [0.4, 0.5) is 0 Å². The maximum atomic E-state index is 10.4. The van der Waals surface area contributed by atoms with Gasteiger partial charge in [0.2, 0.25) is 0 Å². The number of hydrogen-bond donors (Lipinski definition) is 1. The van der Waals surface area contributed by atoms with Crippen LogP contribution in [0, 0.1) is 0 Å². The lowest BCUT2D eigenvalue weighted by Gasteiger charge is -2.15. The van der Waals surface area contributed by atoms with Crippen LogP contribution in [0.25, 0.3) is 0 Å². The number of phenols is 1. The molecule has 0 spiro atoms. The Labute approximate surface area is 117 Å². The van der Waals surface area contributed by atoms with Crippen LogP contribution >= 0.6 is 0 Å². The first-order chi connectivity index (χ1) is 9.10. The van der Waals surface area contributed by atoms with E-state index in [-0.39, 0.29) is 0 Å². The van der Waals surface area contributed by atoms with Gasteiger partial charge in [-0.1, -0.05) is 39.3 Å². The molecule has 108 valence electrons. The van der Waals surface area contributed by atoms with Crippen LogP contribution in [-0.2, 0) is 17.6 Å². The number of aryl methyl sites for hydroxylation is 1. The van der Waals surface area contributed by atoms with Gasteiger partial charge in [-0.15, -0.1) is 0 Å². The summed E-state index contributed by atoms with van der Waals surface area (Å²) < 4.78 is 5.43. The van der Waals surface area contributed by atoms with E-state index in [9.17, 15) is 5.11 Å². The van der Waals surface area contributed by atoms with Crippen molar-refractivity contribution in [3.63, 3.8) is 0 Å². The zero-order valence-corrected chi connectivity index (χ0v) is 12.8. The third-order valence-corrected chi connectivity index (χ3v) is 3.44. The highest BCUT2D eigenvalue weighted by atomic mass is 16.5. The monoisotopic (exact) mass is 264 g/mol. The second-order valence-electron chi connectivity index (χ2n) is 5.40. The molecular weight excluding hydrogens is 236 g/mol. The van der Waals surface area contributed by atoms with Gasteiger partial charge in [0.15, 0.2) is 0 Å². The largest absolute Gasteiger partial charge is 0.507 e. The molecule has 0 atom stereocenters. The SMILES string of the molecule is CCCCc1cc(CCOCC)cc(C(C)C)c1O. The Morgan fingerprint density at radius 3 is 2.47 bits per heavy atom. The lowest BCUT2D eigenvalue weighted by molar-refractivity contribution is 0.151. The quantitative estimate of drug-likeness (QED) is 0.703. The molecule has 19 heavy (non-hydrogen) atoms. The minimum absolute atomic E-state index is 0.354. The summed E-state index contributed by atoms with van der Waals surface area (Å²) in [6.07, 6.45) is 4.16. The summed E-state index contributed by atoms with van der Waals surface area (Å²) in [6, 6.07) is 4.28. The molecule has 0 radical (unpaired) electrons. The van der Waals surface area contributed by atoms with E-state index in [4.69, 9.17) is 4.74 Å². The fraction of sp³-hybridized carbons (Fsp3) is 0.647. The molecule has 0 fully saturated rings. The van der Waals surface area contributed by atoms with Crippen LogP contribution in [-0.4, -0.2) is 18.3 Å². The fourth-order valence-corrected chi connectivity index (χ4v) is 2.26. The highest BCUT2D eigenvalue weighted by Crippen LogP contribution is 2.31. The van der Waals surface area contributed by atoms with Crippen LogP contribution in [0.2, 0.25) is 0 Å². The summed E-state index contributed by atoms with van der Waals surface area (Å²) >= 11 is 0. The lowest BCUT2D eigenvalue weighted by atomic mass is 9.93. The van der Waals surface area contributed by atoms with Crippen LogP contribution in [0.3, 0.4) is 0 Å². The van der Waals surface area contributed by atoms with Gasteiger partial charge < -0.3 is 9.84 Å². The second-order valence-corrected chi connectivity index (χ2v) is 5.40. The van der Waals surface area contributed by atoms with Crippen molar-refractivity contribution in [3.8, 4) is 5.75 Å². The normalized spacial score (nSPS) is 11.2. The van der Waals surface area contributed by atoms with Crippen molar-refractivity contribution in [2.45, 2.75) is 59.3 Å². The van der Waals surface area contributed by atoms with Crippen LogP contribution in [0.1, 0.15) is 63.1 Å². The van der Waals surface area contributed by atoms with E-state index < -0.39 is 0 Å². The van der Waals surface area contributed by atoms with Crippen LogP contribution < -0.4 is 0 Å². The Morgan fingerprint density at radius 1 is 1.16 bits per heavy atom. The third kappa shape index (κ3) is 4.87. The first kappa shape index (κ1) is 16.0. The molecule has 0 bridgehead atoms. The molecule has 0 aliphatic carbocycles. The van der Waals surface area contributed by atoms with Crippen molar-refractivity contribution in [1.29, 1.82) is 0 Å². The van der Waals surface area contributed by atoms with E-state index in [0.29, 0.717) is 11.7 Å². The van der Waals surface area contributed by atoms with Gasteiger partial charge in [-0.25, -0.2) is 0 Å². The highest BCUT2D eigenvalue weighted by molar-refractivity contribution is 5.45. The number of unbranched alkanes of at least 4 members (excludes halogenated alkanes) is 1. The minimum atomic E-state index is 0.354. The topological polar surface area (TPSA) is 29.5 Å². The molecule has 0 amide bonds. The average Bonchev–Trinajstić information content (AvgIpc) is 2.38. The Bertz CT molecular complexity index is 383. The molecule has 0 aliphatic rings. The molecular formula is C17H28O2. The van der Waals surface area contributed by atoms with E-state index in [0.717, 1.165) is 50.0 Å². The Hall–Kier alpha value is -1.02. The lowest BCUT2D eigenvalue weighted by Crippen LogP contribution is -2.02. The van der Waals surface area contributed by atoms with Gasteiger partial charge in [0.25, 0.3) is 0 Å². The predicted molar refractivity (Wildman–Crippen MR) is 81.0 cm³/mol. The predicted octanol–water partition coefficient (Wildman–Crippen LogP) is 4.44. The highest BCUT2D eigenvalue weighted by Gasteiger charge is 2.12. The summed E-state index contributed by atoms with van der Waals surface area (Å²) in [5.74, 6) is 0.857. The Kier molecular flexibility index (Phi) is 6.93. The minimum Gasteiger partial charge on any atom is -0.507 e. The molecule has 0 aromatic heterocycles. The van der Waals surface area contributed by atoms with Gasteiger partial charge in [-0.2, -0.15) is 0 Å². The van der Waals surface area contributed by atoms with E-state index >= 15 is 0 Å². The number of rotatable bonds is 8. The van der Waals surface area contributed by atoms with Gasteiger partial charge >= 0.3 is 0 Å². The van der Waals surface area contributed by atoms with Gasteiger partial charge in [0.05, 0.1) is 6.61 Å². The summed E-state index contributed by atoms with van der Waals surface area (Å²) in [5, 5.41) is 10.4. The standard InChI is InChI=1S/C17H28O2/c1-5-7-8-15-11-14(9-10-19-6-2)12-16(13(3)4)17(15)18/h11-13,18H,5-10H2,1-4H3. The zero-order chi connectivity index (χ0) is 14.3. The van der Waals surface area contributed by atoms with E-state index in [1.165, 1.54) is 5.56 Å². The first-order valence-electron chi connectivity index (χ1n) is 7.52. The molecule has 1 N–H and O–H groups in total. The molecule has 0 aliphatic heterocycles. The van der Waals surface area contributed by atoms with Crippen LogP contribution in [0.15, 0.2) is 12.1 Å². The van der Waals surface area contributed by atoms with E-state index in [1.807, 2.05) is 6.92 Å². The Balaban J connectivity index is 2.94. The smallest absolute Gasteiger partial charge is 0.122 e. The summed E-state index contributed by atoms with van der Waals surface area (Å²) in [6.45, 7) is 9.97. The molecule has 2 heteroatoms. The number of phenolic OH excluding ortho intramolecular Hbond substituents is 1. The van der Waals surface area contributed by atoms with E-state index in [2.05, 4.69) is 32.9 Å². The van der Waals surface area contributed by atoms with Crippen LogP contribution in [0.5, 0.6) is 5.75 Å². The first-order valence-corrected chi connectivity index (χ1v) is 7.52. The summed E-state index contributed by atoms with van der Waals surface area (Å²) in [4.78, 5) is 0. The molecule has 0 saturated heterocycles. The Morgan fingerprint density at radius 2 is 1.89 bits per heavy atom. The molecule has 2 nitrogen and oxygen atoms in total. The maximum Gasteiger partial charge on any atom is 0.122 e. The van der Waals surface area contributed by atoms with Crippen molar-refractivity contribution < 1.29 is 9.84 Å². The molecule has 1 rings (SSSR count). The van der Waals surface area contributed by atoms with Crippen molar-refractivity contribution in [2.24, 2.45) is 0 Å². The van der Waals surface area contributed by atoms with Crippen molar-refractivity contribution >= 4 is 0 Å². The number of ether oxygens (including phenoxy) is 1. The molecule has 0 heterocycles. The van der Waals surface area contributed by atoms with Crippen molar-refractivity contribution in [3.05, 3.63) is 28.8 Å².